The molecule has 2 fully saturated rings. The van der Waals surface area contributed by atoms with Gasteiger partial charge in [0.25, 0.3) is 5.91 Å². The lowest BCUT2D eigenvalue weighted by Crippen LogP contribution is -2.31. The van der Waals surface area contributed by atoms with E-state index in [1.165, 1.54) is 31.9 Å². The Hall–Kier alpha value is -1.65. The number of hydrogen-bond donors (Lipinski definition) is 2. The van der Waals surface area contributed by atoms with Gasteiger partial charge in [-0.2, -0.15) is 0 Å². The average Bonchev–Trinajstić information content (AvgIpc) is 3.34. The highest BCUT2D eigenvalue weighted by molar-refractivity contribution is 5.92. The quantitative estimate of drug-likeness (QED) is 0.799. The molecule has 108 valence electrons. The Morgan fingerprint density at radius 1 is 1.25 bits per heavy atom. The Kier molecular flexibility index (Phi) is 3.85. The fourth-order valence-electron chi connectivity index (χ4n) is 2.79. The summed E-state index contributed by atoms with van der Waals surface area (Å²) in [6.45, 7) is 3.59. The van der Waals surface area contributed by atoms with Gasteiger partial charge in [0.15, 0.2) is 0 Å². The minimum absolute atomic E-state index is 0.105. The van der Waals surface area contributed by atoms with E-state index in [-0.39, 0.29) is 5.91 Å². The number of carbonyl (C=O) groups excluding carboxylic acids is 1. The Labute approximate surface area is 119 Å². The number of nitrogens with zero attached hydrogens (tertiary/aromatic N) is 2. The maximum absolute atomic E-state index is 12.1. The molecule has 0 aliphatic heterocycles. The molecule has 1 aromatic rings. The fourth-order valence-corrected chi connectivity index (χ4v) is 2.79. The van der Waals surface area contributed by atoms with Crippen LogP contribution in [0.1, 0.15) is 43.1 Å². The van der Waals surface area contributed by atoms with Crippen molar-refractivity contribution in [1.82, 2.24) is 15.3 Å². The smallest absolute Gasteiger partial charge is 0.271 e. The summed E-state index contributed by atoms with van der Waals surface area (Å²) >= 11 is 0. The molecular weight excluding hydrogens is 252 g/mol. The lowest BCUT2D eigenvalue weighted by Gasteiger charge is -2.15. The number of aromatic nitrogens is 2. The summed E-state index contributed by atoms with van der Waals surface area (Å²) in [4.78, 5) is 20.4. The second kappa shape index (κ2) is 5.77. The first-order valence-corrected chi connectivity index (χ1v) is 7.62. The topological polar surface area (TPSA) is 66.9 Å². The summed E-state index contributed by atoms with van der Waals surface area (Å²) in [5.41, 5.74) is 0.400. The molecule has 0 unspecified atom stereocenters. The second-order valence-corrected chi connectivity index (χ2v) is 5.87. The van der Waals surface area contributed by atoms with E-state index < -0.39 is 0 Å². The molecular formula is C15H22N4O. The average molecular weight is 274 g/mol. The molecule has 2 aliphatic carbocycles. The molecule has 2 N–H and O–H groups in total. The van der Waals surface area contributed by atoms with E-state index in [4.69, 9.17) is 0 Å². The highest BCUT2D eigenvalue weighted by Crippen LogP contribution is 2.48. The van der Waals surface area contributed by atoms with E-state index >= 15 is 0 Å². The van der Waals surface area contributed by atoms with E-state index in [1.54, 1.807) is 6.20 Å². The van der Waals surface area contributed by atoms with Gasteiger partial charge in [-0.25, -0.2) is 9.97 Å². The lowest BCUT2D eigenvalue weighted by atomic mass is 9.98. The number of hydrogen-bond acceptors (Lipinski definition) is 4. The molecule has 0 saturated heterocycles. The number of anilines is 1. The molecule has 1 heterocycles. The molecule has 0 spiro atoms. The van der Waals surface area contributed by atoms with Crippen molar-refractivity contribution in [3.05, 3.63) is 18.1 Å². The van der Waals surface area contributed by atoms with Crippen molar-refractivity contribution in [2.24, 2.45) is 17.8 Å². The van der Waals surface area contributed by atoms with Crippen LogP contribution in [0.3, 0.4) is 0 Å². The van der Waals surface area contributed by atoms with Crippen molar-refractivity contribution in [1.29, 1.82) is 0 Å². The lowest BCUT2D eigenvalue weighted by molar-refractivity contribution is 0.0938. The molecule has 0 bridgehead atoms. The first kappa shape index (κ1) is 13.3. The van der Waals surface area contributed by atoms with Gasteiger partial charge in [0.05, 0.1) is 12.4 Å². The van der Waals surface area contributed by atoms with Gasteiger partial charge in [0.2, 0.25) is 0 Å². The molecule has 0 aromatic carbocycles. The van der Waals surface area contributed by atoms with Gasteiger partial charge in [-0.3, -0.25) is 4.79 Å². The van der Waals surface area contributed by atoms with E-state index in [0.29, 0.717) is 17.4 Å². The number of amides is 1. The third-order valence-electron chi connectivity index (χ3n) is 4.20. The zero-order chi connectivity index (χ0) is 13.9. The Balaban J connectivity index is 1.52. The highest BCUT2D eigenvalue weighted by Gasteiger charge is 2.41. The van der Waals surface area contributed by atoms with Crippen molar-refractivity contribution in [3.8, 4) is 0 Å². The van der Waals surface area contributed by atoms with Crippen LogP contribution in [0, 0.1) is 17.8 Å². The van der Waals surface area contributed by atoms with Crippen molar-refractivity contribution in [2.75, 3.05) is 18.4 Å². The normalized spacial score (nSPS) is 18.1. The van der Waals surface area contributed by atoms with Gasteiger partial charge in [0, 0.05) is 13.1 Å². The van der Waals surface area contributed by atoms with Crippen LogP contribution in [0.15, 0.2) is 12.4 Å². The Bertz CT molecular complexity index is 453. The molecule has 3 rings (SSSR count). The van der Waals surface area contributed by atoms with Gasteiger partial charge >= 0.3 is 0 Å². The van der Waals surface area contributed by atoms with Gasteiger partial charge in [-0.15, -0.1) is 0 Å². The molecule has 2 saturated carbocycles. The summed E-state index contributed by atoms with van der Waals surface area (Å²) in [6.07, 6.45) is 8.51. The Morgan fingerprint density at radius 2 is 1.95 bits per heavy atom. The van der Waals surface area contributed by atoms with Crippen LogP contribution >= 0.6 is 0 Å². The monoisotopic (exact) mass is 274 g/mol. The van der Waals surface area contributed by atoms with Crippen LogP contribution in [0.2, 0.25) is 0 Å². The SMILES string of the molecule is CCNc1cnc(C(=O)NCC(C2CC2)C2CC2)cn1. The van der Waals surface area contributed by atoms with Crippen LogP contribution in [0.4, 0.5) is 5.82 Å². The van der Waals surface area contributed by atoms with Crippen LogP contribution in [0.5, 0.6) is 0 Å². The van der Waals surface area contributed by atoms with E-state index in [9.17, 15) is 4.79 Å². The highest BCUT2D eigenvalue weighted by atomic mass is 16.1. The number of rotatable bonds is 7. The predicted molar refractivity (Wildman–Crippen MR) is 77.5 cm³/mol. The molecule has 0 radical (unpaired) electrons. The summed E-state index contributed by atoms with van der Waals surface area (Å²) in [5, 5.41) is 6.10. The maximum atomic E-state index is 12.1. The first-order chi connectivity index (χ1) is 9.78. The number of nitrogens with one attached hydrogen (secondary N) is 2. The van der Waals surface area contributed by atoms with E-state index in [2.05, 4.69) is 20.6 Å². The summed E-state index contributed by atoms with van der Waals surface area (Å²) in [7, 11) is 0. The van der Waals surface area contributed by atoms with E-state index in [0.717, 1.165) is 24.9 Å². The standard InChI is InChI=1S/C15H22N4O/c1-2-16-14-9-17-13(8-18-14)15(20)19-7-12(10-3-4-10)11-5-6-11/h8-12H,2-7H2,1H3,(H,16,18)(H,19,20). The van der Waals surface area contributed by atoms with Crippen molar-refractivity contribution in [3.63, 3.8) is 0 Å². The van der Waals surface area contributed by atoms with E-state index in [1.807, 2.05) is 6.92 Å². The fraction of sp³-hybridized carbons (Fsp3) is 0.667. The molecule has 2 aliphatic rings. The summed E-state index contributed by atoms with van der Waals surface area (Å²) in [5.74, 6) is 2.99. The predicted octanol–water partition coefficient (Wildman–Crippen LogP) is 2.07. The van der Waals surface area contributed by atoms with Crippen molar-refractivity contribution < 1.29 is 4.79 Å². The minimum atomic E-state index is -0.105. The third-order valence-corrected chi connectivity index (χ3v) is 4.20. The molecule has 0 atom stereocenters. The van der Waals surface area contributed by atoms with Gasteiger partial charge in [-0.1, -0.05) is 0 Å². The largest absolute Gasteiger partial charge is 0.369 e. The molecule has 20 heavy (non-hydrogen) atoms. The minimum Gasteiger partial charge on any atom is -0.369 e. The Morgan fingerprint density at radius 3 is 2.45 bits per heavy atom. The second-order valence-electron chi connectivity index (χ2n) is 5.87. The van der Waals surface area contributed by atoms with Gasteiger partial charge in [-0.05, 0) is 50.4 Å². The molecule has 5 nitrogen and oxygen atoms in total. The first-order valence-electron chi connectivity index (χ1n) is 7.62. The summed E-state index contributed by atoms with van der Waals surface area (Å²) < 4.78 is 0. The zero-order valence-electron chi connectivity index (χ0n) is 11.9. The third kappa shape index (κ3) is 3.26. The van der Waals surface area contributed by atoms with Crippen molar-refractivity contribution >= 4 is 11.7 Å². The molecule has 1 aromatic heterocycles. The van der Waals surface area contributed by atoms with Crippen LogP contribution in [0.25, 0.3) is 0 Å². The summed E-state index contributed by atoms with van der Waals surface area (Å²) in [6, 6.07) is 0. The zero-order valence-corrected chi connectivity index (χ0v) is 11.9. The van der Waals surface area contributed by atoms with Crippen LogP contribution < -0.4 is 10.6 Å². The van der Waals surface area contributed by atoms with Crippen LogP contribution in [-0.4, -0.2) is 29.0 Å². The van der Waals surface area contributed by atoms with Gasteiger partial charge < -0.3 is 10.6 Å². The maximum Gasteiger partial charge on any atom is 0.271 e. The van der Waals surface area contributed by atoms with Gasteiger partial charge in [0.1, 0.15) is 11.5 Å². The van der Waals surface area contributed by atoms with Crippen molar-refractivity contribution in [2.45, 2.75) is 32.6 Å². The molecule has 1 amide bonds. The molecule has 5 heteroatoms. The van der Waals surface area contributed by atoms with Crippen LogP contribution in [-0.2, 0) is 0 Å². The number of carbonyl (C=O) groups is 1.